The van der Waals surface area contributed by atoms with E-state index >= 15 is 0 Å². The number of ether oxygens (including phenoxy) is 1. The van der Waals surface area contributed by atoms with Crippen LogP contribution in [0.2, 0.25) is 0 Å². The molecule has 2 aromatic rings. The van der Waals surface area contributed by atoms with Gasteiger partial charge in [-0.2, -0.15) is 0 Å². The number of hydrogen-bond acceptors (Lipinski definition) is 9. The first kappa shape index (κ1) is 26.6. The van der Waals surface area contributed by atoms with Gasteiger partial charge in [0.1, 0.15) is 0 Å². The molecule has 0 aliphatic carbocycles. The van der Waals surface area contributed by atoms with Gasteiger partial charge in [-0.3, -0.25) is 39.4 Å². The monoisotopic (exact) mass is 488 g/mol. The van der Waals surface area contributed by atoms with Crippen LogP contribution in [0.3, 0.4) is 0 Å². The van der Waals surface area contributed by atoms with Crippen molar-refractivity contribution in [1.29, 1.82) is 0 Å². The first-order valence-corrected chi connectivity index (χ1v) is 10.1. The zero-order valence-electron chi connectivity index (χ0n) is 18.1. The molecule has 2 aromatic carbocycles. The average molecular weight is 488 g/mol. The molecule has 13 heteroatoms. The van der Waals surface area contributed by atoms with Gasteiger partial charge < -0.3 is 14.9 Å². The molecule has 0 aliphatic heterocycles. The van der Waals surface area contributed by atoms with Gasteiger partial charge in [0, 0.05) is 36.1 Å². The SMILES string of the molecule is O=C(O)CC(CC(=O)OC(=O)CC(CC(=O)O)c1ccc([N+](=O)[O-])cc1)c1ccc([N+](=O)[O-])cc1. The molecule has 0 aromatic heterocycles. The molecule has 184 valence electrons. The quantitative estimate of drug-likeness (QED) is 0.192. The van der Waals surface area contributed by atoms with Gasteiger partial charge in [-0.15, -0.1) is 0 Å². The lowest BCUT2D eigenvalue weighted by Crippen LogP contribution is -2.19. The third-order valence-corrected chi connectivity index (χ3v) is 5.05. The second-order valence-electron chi connectivity index (χ2n) is 7.54. The molecule has 2 rings (SSSR count). The molecule has 13 nitrogen and oxygen atoms in total. The molecule has 0 saturated heterocycles. The molecule has 2 unspecified atom stereocenters. The second-order valence-corrected chi connectivity index (χ2v) is 7.54. The molecular formula is C22H20N2O11. The third kappa shape index (κ3) is 8.31. The van der Waals surface area contributed by atoms with E-state index in [2.05, 4.69) is 0 Å². The number of carbonyl (C=O) groups excluding carboxylic acids is 2. The Kier molecular flexibility index (Phi) is 9.09. The second kappa shape index (κ2) is 12.0. The van der Waals surface area contributed by atoms with E-state index in [1.54, 1.807) is 0 Å². The van der Waals surface area contributed by atoms with Crippen LogP contribution in [0.25, 0.3) is 0 Å². The fourth-order valence-electron chi connectivity index (χ4n) is 3.39. The van der Waals surface area contributed by atoms with Gasteiger partial charge in [0.15, 0.2) is 0 Å². The molecule has 0 bridgehead atoms. The van der Waals surface area contributed by atoms with Crippen molar-refractivity contribution in [2.45, 2.75) is 37.5 Å². The predicted octanol–water partition coefficient (Wildman–Crippen LogP) is 3.17. The van der Waals surface area contributed by atoms with Crippen molar-refractivity contribution < 1.29 is 44.0 Å². The van der Waals surface area contributed by atoms with Gasteiger partial charge in [-0.25, -0.2) is 0 Å². The summed E-state index contributed by atoms with van der Waals surface area (Å²) in [5.41, 5.74) is 0.182. The van der Waals surface area contributed by atoms with E-state index in [0.717, 1.165) is 24.3 Å². The number of carboxylic acids is 2. The number of nitrogens with zero attached hydrogens (tertiary/aromatic N) is 2. The minimum Gasteiger partial charge on any atom is -0.481 e. The predicted molar refractivity (Wildman–Crippen MR) is 117 cm³/mol. The molecule has 2 atom stereocenters. The number of non-ortho nitro benzene ring substituents is 2. The molecule has 0 saturated carbocycles. The van der Waals surface area contributed by atoms with E-state index in [4.69, 9.17) is 14.9 Å². The van der Waals surface area contributed by atoms with E-state index in [9.17, 15) is 39.4 Å². The van der Waals surface area contributed by atoms with Crippen molar-refractivity contribution in [3.63, 3.8) is 0 Å². The Balaban J connectivity index is 2.09. The number of rotatable bonds is 12. The largest absolute Gasteiger partial charge is 0.481 e. The third-order valence-electron chi connectivity index (χ3n) is 5.05. The zero-order chi connectivity index (χ0) is 26.1. The van der Waals surface area contributed by atoms with Crippen molar-refractivity contribution in [3.8, 4) is 0 Å². The lowest BCUT2D eigenvalue weighted by Gasteiger charge is -2.16. The van der Waals surface area contributed by atoms with E-state index < -0.39 is 71.2 Å². The van der Waals surface area contributed by atoms with Crippen LogP contribution in [0.5, 0.6) is 0 Å². The van der Waals surface area contributed by atoms with Crippen LogP contribution in [-0.2, 0) is 23.9 Å². The highest BCUT2D eigenvalue weighted by atomic mass is 16.6. The molecule has 0 aliphatic rings. The van der Waals surface area contributed by atoms with Gasteiger partial charge in [0.25, 0.3) is 11.4 Å². The number of benzene rings is 2. The highest BCUT2D eigenvalue weighted by molar-refractivity contribution is 5.87. The van der Waals surface area contributed by atoms with Crippen molar-refractivity contribution in [2.75, 3.05) is 0 Å². The minimum absolute atomic E-state index is 0.226. The van der Waals surface area contributed by atoms with Gasteiger partial charge in [-0.1, -0.05) is 24.3 Å². The highest BCUT2D eigenvalue weighted by Gasteiger charge is 2.25. The molecule has 35 heavy (non-hydrogen) atoms. The van der Waals surface area contributed by atoms with Crippen LogP contribution in [0.1, 0.15) is 48.6 Å². The van der Waals surface area contributed by atoms with Crippen LogP contribution in [0, 0.1) is 20.2 Å². The summed E-state index contributed by atoms with van der Waals surface area (Å²) in [6.07, 6.45) is -2.05. The standard InChI is InChI=1S/C22H20N2O11/c25-19(26)9-15(13-1-5-17(6-2-13)23(31)32)11-21(29)35-22(30)12-16(10-20(27)28)14-3-7-18(8-4-14)24(33)34/h1-8,15-16H,9-12H2,(H,25,26)(H,27,28). The Morgan fingerprint density at radius 3 is 1.23 bits per heavy atom. The fourth-order valence-corrected chi connectivity index (χ4v) is 3.39. The van der Waals surface area contributed by atoms with E-state index in [-0.39, 0.29) is 11.4 Å². The topological polar surface area (TPSA) is 204 Å². The number of carboxylic acid groups (broad SMARTS) is 2. The van der Waals surface area contributed by atoms with Crippen LogP contribution in [0.15, 0.2) is 48.5 Å². The van der Waals surface area contributed by atoms with Crippen molar-refractivity contribution >= 4 is 35.3 Å². The van der Waals surface area contributed by atoms with E-state index in [1.165, 1.54) is 24.3 Å². The van der Waals surface area contributed by atoms with Gasteiger partial charge in [0.05, 0.1) is 35.5 Å². The minimum atomic E-state index is -1.24. The smallest absolute Gasteiger partial charge is 0.314 e. The van der Waals surface area contributed by atoms with Gasteiger partial charge in [0.2, 0.25) is 0 Å². The first-order valence-electron chi connectivity index (χ1n) is 10.1. The van der Waals surface area contributed by atoms with Gasteiger partial charge in [-0.05, 0) is 11.1 Å². The maximum Gasteiger partial charge on any atom is 0.314 e. The van der Waals surface area contributed by atoms with Crippen molar-refractivity contribution in [3.05, 3.63) is 79.9 Å². The summed E-state index contributed by atoms with van der Waals surface area (Å²) in [6, 6.07) is 9.83. The number of nitro benzene ring substituents is 2. The Hall–Kier alpha value is -4.68. The average Bonchev–Trinajstić information content (AvgIpc) is 2.77. The normalized spacial score (nSPS) is 12.2. The highest BCUT2D eigenvalue weighted by Crippen LogP contribution is 2.28. The van der Waals surface area contributed by atoms with E-state index in [1.807, 2.05) is 0 Å². The zero-order valence-corrected chi connectivity index (χ0v) is 18.1. The van der Waals surface area contributed by atoms with Gasteiger partial charge >= 0.3 is 23.9 Å². The van der Waals surface area contributed by atoms with Crippen molar-refractivity contribution in [1.82, 2.24) is 0 Å². The van der Waals surface area contributed by atoms with E-state index in [0.29, 0.717) is 11.1 Å². The summed E-state index contributed by atoms with van der Waals surface area (Å²) in [7, 11) is 0. The molecular weight excluding hydrogens is 468 g/mol. The number of esters is 2. The summed E-state index contributed by atoms with van der Waals surface area (Å²) in [4.78, 5) is 67.4. The fraction of sp³-hybridized carbons (Fsp3) is 0.273. The Morgan fingerprint density at radius 2 is 0.971 bits per heavy atom. The number of nitro groups is 2. The van der Waals surface area contributed by atoms with Crippen LogP contribution in [0.4, 0.5) is 11.4 Å². The summed E-state index contributed by atoms with van der Waals surface area (Å²) >= 11 is 0. The number of aliphatic carboxylic acids is 2. The lowest BCUT2D eigenvalue weighted by atomic mass is 9.92. The number of carbonyl (C=O) groups is 4. The first-order chi connectivity index (χ1) is 16.5. The molecule has 0 radical (unpaired) electrons. The lowest BCUT2D eigenvalue weighted by molar-refractivity contribution is -0.385. The Morgan fingerprint density at radius 1 is 0.657 bits per heavy atom. The Labute approximate surface area is 197 Å². The Bertz CT molecular complexity index is 1040. The summed E-state index contributed by atoms with van der Waals surface area (Å²) < 4.78 is 4.76. The summed E-state index contributed by atoms with van der Waals surface area (Å²) in [5, 5.41) is 39.9. The molecule has 0 spiro atoms. The molecule has 0 heterocycles. The molecule has 2 N–H and O–H groups in total. The number of hydrogen-bond donors (Lipinski definition) is 2. The van der Waals surface area contributed by atoms with Crippen molar-refractivity contribution in [2.24, 2.45) is 0 Å². The molecule has 0 fully saturated rings. The maximum absolute atomic E-state index is 12.3. The maximum atomic E-state index is 12.3. The molecule has 0 amide bonds. The van der Waals surface area contributed by atoms with Crippen LogP contribution < -0.4 is 0 Å². The van der Waals surface area contributed by atoms with Crippen LogP contribution >= 0.6 is 0 Å². The summed E-state index contributed by atoms with van der Waals surface area (Å²) in [5.74, 6) is -6.47. The van der Waals surface area contributed by atoms with Crippen LogP contribution in [-0.4, -0.2) is 43.9 Å². The summed E-state index contributed by atoms with van der Waals surface area (Å²) in [6.45, 7) is 0.